The smallest absolute Gasteiger partial charge is 0.251 e. The number of amides is 3. The second kappa shape index (κ2) is 16.3. The van der Waals surface area contributed by atoms with Crippen LogP contribution in [0.1, 0.15) is 79.3 Å². The third-order valence-electron chi connectivity index (χ3n) is 12.6. The minimum atomic E-state index is -0.745. The Balaban J connectivity index is 1.23. The van der Waals surface area contributed by atoms with Gasteiger partial charge in [0.2, 0.25) is 5.91 Å². The van der Waals surface area contributed by atoms with Crippen LogP contribution in [0.5, 0.6) is 0 Å². The van der Waals surface area contributed by atoms with E-state index in [-0.39, 0.29) is 35.9 Å². The SMILES string of the molecule is CNC(=O)c1cc(C(=O)N[C@@H](Cc2ccccc2)CN(C)C)cc(-c2cccc(CN3O[C@@H](C)[C@@H]([C@H](C)O)[C@H]3C(=O)N[C@H]3C[C@H]4C[C@H]([C@@H]3C)C4(C)C)c2)c1. The quantitative estimate of drug-likeness (QED) is 0.188. The standard InChI is InChI=1S/C44H59N5O5/c1-26-37-22-35(44(37,4)5)23-38(26)47-43(53)40-39(27(2)50)28(3)54-49(40)24-30-15-12-16-31(17-30)32-19-33(41(51)45-6)21-34(20-32)42(52)46-36(25-48(7)8)18-29-13-10-9-11-14-29/h9-17,19-21,26-28,35-40,50H,18,22-25H2,1-8H3,(H,45,51)(H,46,52)(H,47,53)/t26-,27-,28-,35+,36-,37+,38-,39+,40-/m0/s1. The number of fused-ring (bicyclic) bond motifs is 2. The number of hydroxylamine groups is 2. The van der Waals surface area contributed by atoms with E-state index < -0.39 is 18.1 Å². The van der Waals surface area contributed by atoms with Crippen LogP contribution in [0.3, 0.4) is 0 Å². The molecule has 10 nitrogen and oxygen atoms in total. The molecule has 3 aromatic rings. The van der Waals surface area contributed by atoms with Gasteiger partial charge in [-0.15, -0.1) is 0 Å². The van der Waals surface area contributed by atoms with Crippen LogP contribution in [-0.4, -0.2) is 90.8 Å². The highest BCUT2D eigenvalue weighted by molar-refractivity contribution is 6.01. The van der Waals surface area contributed by atoms with Gasteiger partial charge < -0.3 is 26.0 Å². The zero-order valence-electron chi connectivity index (χ0n) is 33.1. The summed E-state index contributed by atoms with van der Waals surface area (Å²) in [6, 6.07) is 22.5. The lowest BCUT2D eigenvalue weighted by molar-refractivity contribution is -0.174. The fourth-order valence-electron chi connectivity index (χ4n) is 9.50. The first-order valence-corrected chi connectivity index (χ1v) is 19.5. The molecule has 290 valence electrons. The average Bonchev–Trinajstić information content (AvgIpc) is 3.47. The lowest BCUT2D eigenvalue weighted by atomic mass is 9.45. The third-order valence-corrected chi connectivity index (χ3v) is 12.6. The highest BCUT2D eigenvalue weighted by Crippen LogP contribution is 2.61. The molecular formula is C44H59N5O5. The second-order valence-electron chi connectivity index (χ2n) is 16.9. The molecule has 4 fully saturated rings. The number of hydrogen-bond donors (Lipinski definition) is 4. The number of likely N-dealkylation sites (N-methyl/N-ethyl adjacent to an activating group) is 1. The summed E-state index contributed by atoms with van der Waals surface area (Å²) in [7, 11) is 5.54. The number of hydrogen-bond acceptors (Lipinski definition) is 7. The van der Waals surface area contributed by atoms with Crippen LogP contribution in [0.2, 0.25) is 0 Å². The van der Waals surface area contributed by atoms with Crippen molar-refractivity contribution in [3.05, 3.63) is 95.1 Å². The number of carbonyl (C=O) groups excluding carboxylic acids is 3. The van der Waals surface area contributed by atoms with Crippen LogP contribution in [0.15, 0.2) is 72.8 Å². The number of nitrogens with zero attached hydrogens (tertiary/aromatic N) is 2. The van der Waals surface area contributed by atoms with Gasteiger partial charge in [0.15, 0.2) is 0 Å². The van der Waals surface area contributed by atoms with Gasteiger partial charge in [0.05, 0.1) is 18.8 Å². The van der Waals surface area contributed by atoms with E-state index in [0.29, 0.717) is 53.8 Å². The third kappa shape index (κ3) is 8.42. The molecule has 0 unspecified atom stereocenters. The predicted molar refractivity (Wildman–Crippen MR) is 211 cm³/mol. The molecule has 4 N–H and O–H groups in total. The number of aliphatic hydroxyl groups is 1. The van der Waals surface area contributed by atoms with E-state index in [9.17, 15) is 19.5 Å². The average molecular weight is 738 g/mol. The number of benzene rings is 3. The monoisotopic (exact) mass is 737 g/mol. The minimum absolute atomic E-state index is 0.0977. The first kappa shape index (κ1) is 39.6. The molecule has 54 heavy (non-hydrogen) atoms. The fraction of sp³-hybridized carbons (Fsp3) is 0.523. The van der Waals surface area contributed by atoms with Gasteiger partial charge in [-0.25, -0.2) is 0 Å². The van der Waals surface area contributed by atoms with Gasteiger partial charge in [-0.1, -0.05) is 69.3 Å². The van der Waals surface area contributed by atoms with Crippen LogP contribution < -0.4 is 16.0 Å². The summed E-state index contributed by atoms with van der Waals surface area (Å²) in [5, 5.41) is 21.9. The molecule has 1 heterocycles. The first-order chi connectivity index (χ1) is 25.7. The summed E-state index contributed by atoms with van der Waals surface area (Å²) in [6.07, 6.45) is 1.76. The fourth-order valence-corrected chi connectivity index (χ4v) is 9.50. The van der Waals surface area contributed by atoms with Crippen molar-refractivity contribution in [2.24, 2.45) is 29.1 Å². The molecule has 2 bridgehead atoms. The topological polar surface area (TPSA) is 123 Å². The lowest BCUT2D eigenvalue weighted by Crippen LogP contribution is -2.62. The minimum Gasteiger partial charge on any atom is -0.393 e. The number of nitrogens with one attached hydrogen (secondary N) is 3. The van der Waals surface area contributed by atoms with E-state index >= 15 is 0 Å². The molecule has 0 spiro atoms. The summed E-state index contributed by atoms with van der Waals surface area (Å²) >= 11 is 0. The maximum Gasteiger partial charge on any atom is 0.251 e. The molecule has 9 atom stereocenters. The van der Waals surface area contributed by atoms with Crippen molar-refractivity contribution in [3.8, 4) is 11.1 Å². The summed E-state index contributed by atoms with van der Waals surface area (Å²) in [5.41, 5.74) is 4.63. The zero-order valence-corrected chi connectivity index (χ0v) is 33.1. The van der Waals surface area contributed by atoms with Crippen molar-refractivity contribution in [3.63, 3.8) is 0 Å². The van der Waals surface area contributed by atoms with E-state index in [1.165, 1.54) is 6.42 Å². The van der Waals surface area contributed by atoms with Crippen LogP contribution >= 0.6 is 0 Å². The van der Waals surface area contributed by atoms with E-state index in [1.807, 2.05) is 74.4 Å². The zero-order chi connectivity index (χ0) is 38.9. The number of aliphatic hydroxyl groups excluding tert-OH is 1. The van der Waals surface area contributed by atoms with E-state index in [2.05, 4.69) is 48.9 Å². The first-order valence-electron chi connectivity index (χ1n) is 19.5. The molecule has 3 aliphatic carbocycles. The van der Waals surface area contributed by atoms with E-state index in [0.717, 1.165) is 28.7 Å². The highest BCUT2D eigenvalue weighted by atomic mass is 16.7. The molecule has 7 rings (SSSR count). The Kier molecular flexibility index (Phi) is 12.0. The largest absolute Gasteiger partial charge is 0.393 e. The van der Waals surface area contributed by atoms with E-state index in [1.54, 1.807) is 31.2 Å². The molecule has 0 aromatic heterocycles. The molecule has 3 saturated carbocycles. The number of carbonyl (C=O) groups is 3. The molecule has 1 saturated heterocycles. The van der Waals surface area contributed by atoms with Gasteiger partial charge >= 0.3 is 0 Å². The predicted octanol–water partition coefficient (Wildman–Crippen LogP) is 5.30. The van der Waals surface area contributed by atoms with Crippen molar-refractivity contribution in [1.82, 2.24) is 25.9 Å². The van der Waals surface area contributed by atoms with Gasteiger partial charge in [0.1, 0.15) is 6.04 Å². The van der Waals surface area contributed by atoms with Crippen molar-refractivity contribution >= 4 is 17.7 Å². The molecule has 3 aromatic carbocycles. The van der Waals surface area contributed by atoms with Gasteiger partial charge in [-0.3, -0.25) is 19.2 Å². The van der Waals surface area contributed by atoms with Gasteiger partial charge in [0, 0.05) is 42.7 Å². The Hall–Kier alpha value is -4.09. The van der Waals surface area contributed by atoms with Crippen molar-refractivity contribution in [2.75, 3.05) is 27.7 Å². The Morgan fingerprint density at radius 3 is 2.24 bits per heavy atom. The molecule has 0 radical (unpaired) electrons. The van der Waals surface area contributed by atoms with Crippen LogP contribution in [0.25, 0.3) is 11.1 Å². The van der Waals surface area contributed by atoms with Crippen LogP contribution in [0, 0.1) is 29.1 Å². The summed E-state index contributed by atoms with van der Waals surface area (Å²) < 4.78 is 0. The maximum atomic E-state index is 14.1. The molecule has 4 aliphatic rings. The summed E-state index contributed by atoms with van der Waals surface area (Å²) in [5.74, 6) is 0.524. The van der Waals surface area contributed by atoms with Crippen molar-refractivity contribution in [2.45, 2.75) is 90.8 Å². The summed E-state index contributed by atoms with van der Waals surface area (Å²) in [4.78, 5) is 49.3. The van der Waals surface area contributed by atoms with Gasteiger partial charge in [-0.2, -0.15) is 5.06 Å². The Bertz CT molecular complexity index is 1810. The Morgan fingerprint density at radius 2 is 1.61 bits per heavy atom. The van der Waals surface area contributed by atoms with Crippen molar-refractivity contribution in [1.29, 1.82) is 0 Å². The van der Waals surface area contributed by atoms with Crippen molar-refractivity contribution < 1.29 is 24.3 Å². The van der Waals surface area contributed by atoms with Gasteiger partial charge in [-0.05, 0) is 117 Å². The van der Waals surface area contributed by atoms with Gasteiger partial charge in [0.25, 0.3) is 11.8 Å². The Labute approximate surface area is 321 Å². The maximum absolute atomic E-state index is 14.1. The molecular weight excluding hydrogens is 679 g/mol. The second-order valence-corrected chi connectivity index (χ2v) is 16.9. The Morgan fingerprint density at radius 1 is 0.926 bits per heavy atom. The van der Waals surface area contributed by atoms with Crippen LogP contribution in [0.4, 0.5) is 0 Å². The molecule has 1 aliphatic heterocycles. The lowest BCUT2D eigenvalue weighted by Gasteiger charge is -2.62. The molecule has 3 amide bonds. The van der Waals surface area contributed by atoms with Crippen LogP contribution in [-0.2, 0) is 22.6 Å². The highest BCUT2D eigenvalue weighted by Gasteiger charge is 2.57. The molecule has 10 heteroatoms. The normalized spacial score (nSPS) is 27.1. The van der Waals surface area contributed by atoms with E-state index in [4.69, 9.17) is 4.84 Å². The summed E-state index contributed by atoms with van der Waals surface area (Å²) in [6.45, 7) is 11.6. The number of rotatable bonds is 13.